The average Bonchev–Trinajstić information content (AvgIpc) is 3.23. The molecule has 0 spiro atoms. The first kappa shape index (κ1) is 17.9. The van der Waals surface area contributed by atoms with Gasteiger partial charge in [0.25, 0.3) is 5.91 Å². The summed E-state index contributed by atoms with van der Waals surface area (Å²) in [5.74, 6) is -0.226. The minimum absolute atomic E-state index is 0.226. The molecule has 2 aromatic carbocycles. The smallest absolute Gasteiger partial charge is 0.257 e. The van der Waals surface area contributed by atoms with Gasteiger partial charge < -0.3 is 9.88 Å². The van der Waals surface area contributed by atoms with Crippen molar-refractivity contribution in [3.05, 3.63) is 95.7 Å². The molecule has 1 N–H and O–H groups in total. The van der Waals surface area contributed by atoms with E-state index in [1.165, 1.54) is 0 Å². The third-order valence-corrected chi connectivity index (χ3v) is 4.69. The van der Waals surface area contributed by atoms with Gasteiger partial charge in [0.1, 0.15) is 0 Å². The minimum atomic E-state index is -0.226. The molecule has 0 saturated carbocycles. The largest absolute Gasteiger partial charge is 0.322 e. The highest BCUT2D eigenvalue weighted by Crippen LogP contribution is 2.25. The number of nitrogens with one attached hydrogen (secondary N) is 1. The maximum atomic E-state index is 12.7. The standard InChI is InChI=1S/C22H17ClN4O/c1-15-18(8-9-20(25-15)16-5-3-2-4-6-16)22(28)26-17-7-10-21(19(23)13-17)27-12-11-24-14-27/h2-14H,1H3,(H,26,28). The zero-order chi connectivity index (χ0) is 19.5. The molecule has 4 rings (SSSR count). The van der Waals surface area contributed by atoms with Crippen molar-refractivity contribution in [2.45, 2.75) is 6.92 Å². The van der Waals surface area contributed by atoms with Crippen molar-refractivity contribution in [1.82, 2.24) is 14.5 Å². The molecule has 0 aliphatic carbocycles. The number of aromatic nitrogens is 3. The highest BCUT2D eigenvalue weighted by atomic mass is 35.5. The van der Waals surface area contributed by atoms with Crippen molar-refractivity contribution in [2.75, 3.05) is 5.32 Å². The van der Waals surface area contributed by atoms with Gasteiger partial charge in [0, 0.05) is 23.6 Å². The fourth-order valence-electron chi connectivity index (χ4n) is 2.96. The summed E-state index contributed by atoms with van der Waals surface area (Å²) in [5.41, 5.74) is 4.45. The van der Waals surface area contributed by atoms with Crippen molar-refractivity contribution in [2.24, 2.45) is 0 Å². The van der Waals surface area contributed by atoms with Crippen molar-refractivity contribution in [3.63, 3.8) is 0 Å². The third kappa shape index (κ3) is 3.66. The number of hydrogen-bond donors (Lipinski definition) is 1. The molecule has 5 nitrogen and oxygen atoms in total. The highest BCUT2D eigenvalue weighted by molar-refractivity contribution is 6.32. The summed E-state index contributed by atoms with van der Waals surface area (Å²) in [4.78, 5) is 21.3. The summed E-state index contributed by atoms with van der Waals surface area (Å²) in [6, 6.07) is 18.9. The van der Waals surface area contributed by atoms with Gasteiger partial charge in [-0.15, -0.1) is 0 Å². The van der Waals surface area contributed by atoms with Crippen LogP contribution in [-0.2, 0) is 0 Å². The second-order valence-corrected chi connectivity index (χ2v) is 6.69. The van der Waals surface area contributed by atoms with Crippen LogP contribution < -0.4 is 5.32 Å². The summed E-state index contributed by atoms with van der Waals surface area (Å²) in [5, 5.41) is 3.40. The Balaban J connectivity index is 1.55. The zero-order valence-electron chi connectivity index (χ0n) is 15.1. The second kappa shape index (κ2) is 7.66. The summed E-state index contributed by atoms with van der Waals surface area (Å²) in [6.45, 7) is 1.83. The molecule has 0 saturated heterocycles. The molecule has 0 aliphatic rings. The average molecular weight is 389 g/mol. The van der Waals surface area contributed by atoms with E-state index < -0.39 is 0 Å². The summed E-state index contributed by atoms with van der Waals surface area (Å²) in [7, 11) is 0. The van der Waals surface area contributed by atoms with Crippen LogP contribution in [0.4, 0.5) is 5.69 Å². The van der Waals surface area contributed by atoms with E-state index in [4.69, 9.17) is 11.6 Å². The van der Waals surface area contributed by atoms with Gasteiger partial charge in [0.15, 0.2) is 0 Å². The summed E-state index contributed by atoms with van der Waals surface area (Å²) < 4.78 is 1.81. The first-order chi connectivity index (χ1) is 13.6. The monoisotopic (exact) mass is 388 g/mol. The van der Waals surface area contributed by atoms with Gasteiger partial charge in [0.05, 0.1) is 34.0 Å². The number of rotatable bonds is 4. The molecule has 138 valence electrons. The van der Waals surface area contributed by atoms with Gasteiger partial charge in [-0.05, 0) is 37.3 Å². The van der Waals surface area contributed by atoms with E-state index in [2.05, 4.69) is 15.3 Å². The Bertz CT molecular complexity index is 1120. The zero-order valence-corrected chi connectivity index (χ0v) is 15.9. The Hall–Kier alpha value is -3.44. The number of anilines is 1. The number of imidazole rings is 1. The molecular weight excluding hydrogens is 372 g/mol. The van der Waals surface area contributed by atoms with E-state index in [1.54, 1.807) is 30.7 Å². The normalized spacial score (nSPS) is 10.6. The van der Waals surface area contributed by atoms with Crippen molar-refractivity contribution < 1.29 is 4.79 Å². The molecule has 0 unspecified atom stereocenters. The number of hydrogen-bond acceptors (Lipinski definition) is 3. The SMILES string of the molecule is Cc1nc(-c2ccccc2)ccc1C(=O)Nc1ccc(-n2ccnc2)c(Cl)c1. The van der Waals surface area contributed by atoms with E-state index in [0.717, 1.165) is 16.9 Å². The van der Waals surface area contributed by atoms with Gasteiger partial charge in [-0.25, -0.2) is 4.98 Å². The number of aryl methyl sites for hydroxylation is 1. The van der Waals surface area contributed by atoms with Crippen molar-refractivity contribution in [1.29, 1.82) is 0 Å². The maximum absolute atomic E-state index is 12.7. The van der Waals surface area contributed by atoms with Crippen LogP contribution in [0.5, 0.6) is 0 Å². The summed E-state index contributed by atoms with van der Waals surface area (Å²) in [6.07, 6.45) is 5.16. The molecule has 4 aromatic rings. The van der Waals surface area contributed by atoms with E-state index in [0.29, 0.717) is 22.0 Å². The quantitative estimate of drug-likeness (QED) is 0.526. The van der Waals surface area contributed by atoms with Crippen LogP contribution in [0.2, 0.25) is 5.02 Å². The lowest BCUT2D eigenvalue weighted by Crippen LogP contribution is -2.14. The molecule has 0 fully saturated rings. The first-order valence-corrected chi connectivity index (χ1v) is 9.12. The maximum Gasteiger partial charge on any atom is 0.257 e. The fourth-order valence-corrected chi connectivity index (χ4v) is 3.24. The van der Waals surface area contributed by atoms with Crippen LogP contribution in [0.3, 0.4) is 0 Å². The van der Waals surface area contributed by atoms with Crippen LogP contribution in [0.15, 0.2) is 79.4 Å². The predicted molar refractivity (Wildman–Crippen MR) is 111 cm³/mol. The molecule has 0 atom stereocenters. The van der Waals surface area contributed by atoms with Crippen LogP contribution in [0.1, 0.15) is 16.1 Å². The van der Waals surface area contributed by atoms with E-state index in [1.807, 2.05) is 60.2 Å². The number of halogens is 1. The van der Waals surface area contributed by atoms with Gasteiger partial charge in [-0.1, -0.05) is 41.9 Å². The molecule has 2 aromatic heterocycles. The van der Waals surface area contributed by atoms with Crippen LogP contribution in [-0.4, -0.2) is 20.4 Å². The molecular formula is C22H17ClN4O. The van der Waals surface area contributed by atoms with Gasteiger partial charge in [-0.2, -0.15) is 0 Å². The lowest BCUT2D eigenvalue weighted by Gasteiger charge is -2.11. The van der Waals surface area contributed by atoms with Gasteiger partial charge in [-0.3, -0.25) is 9.78 Å². The number of carbonyl (C=O) groups is 1. The van der Waals surface area contributed by atoms with Crippen LogP contribution >= 0.6 is 11.6 Å². The third-order valence-electron chi connectivity index (χ3n) is 4.39. The number of pyridine rings is 1. The van der Waals surface area contributed by atoms with Crippen LogP contribution in [0.25, 0.3) is 16.9 Å². The van der Waals surface area contributed by atoms with Crippen molar-refractivity contribution in [3.8, 4) is 16.9 Å². The Morgan fingerprint density at radius 3 is 2.57 bits per heavy atom. The van der Waals surface area contributed by atoms with E-state index in [9.17, 15) is 4.79 Å². The Kier molecular flexibility index (Phi) is 4.91. The number of nitrogens with zero attached hydrogens (tertiary/aromatic N) is 3. The fraction of sp³-hybridized carbons (Fsp3) is 0.0455. The molecule has 0 aliphatic heterocycles. The predicted octanol–water partition coefficient (Wildman–Crippen LogP) is 5.15. The number of amides is 1. The molecule has 2 heterocycles. The molecule has 6 heteroatoms. The lowest BCUT2D eigenvalue weighted by molar-refractivity contribution is 0.102. The number of carbonyl (C=O) groups excluding carboxylic acids is 1. The van der Waals surface area contributed by atoms with Gasteiger partial charge in [0.2, 0.25) is 0 Å². The topological polar surface area (TPSA) is 59.8 Å². The highest BCUT2D eigenvalue weighted by Gasteiger charge is 2.13. The van der Waals surface area contributed by atoms with Crippen LogP contribution in [0, 0.1) is 6.92 Å². The Morgan fingerprint density at radius 2 is 1.89 bits per heavy atom. The van der Waals surface area contributed by atoms with Gasteiger partial charge >= 0.3 is 0 Å². The summed E-state index contributed by atoms with van der Waals surface area (Å²) >= 11 is 6.36. The molecule has 0 bridgehead atoms. The van der Waals surface area contributed by atoms with Crippen molar-refractivity contribution >= 4 is 23.2 Å². The molecule has 28 heavy (non-hydrogen) atoms. The number of benzene rings is 2. The van der Waals surface area contributed by atoms with E-state index >= 15 is 0 Å². The second-order valence-electron chi connectivity index (χ2n) is 6.29. The molecule has 1 amide bonds. The molecule has 0 radical (unpaired) electrons. The lowest BCUT2D eigenvalue weighted by atomic mass is 10.1. The first-order valence-electron chi connectivity index (χ1n) is 8.74. The Morgan fingerprint density at radius 1 is 1.07 bits per heavy atom. The Labute approximate surface area is 167 Å². The minimum Gasteiger partial charge on any atom is -0.322 e. The van der Waals surface area contributed by atoms with E-state index in [-0.39, 0.29) is 5.91 Å².